The third kappa shape index (κ3) is 3.66. The summed E-state index contributed by atoms with van der Waals surface area (Å²) in [6.07, 6.45) is 3.54. The molecule has 0 aromatic carbocycles. The normalized spacial score (nSPS) is 17.9. The van der Waals surface area contributed by atoms with E-state index in [4.69, 9.17) is 0 Å². The predicted octanol–water partition coefficient (Wildman–Crippen LogP) is 1.24. The molecular formula is C11H22N2O. The lowest BCUT2D eigenvalue weighted by atomic mass is 10.1. The van der Waals surface area contributed by atoms with Gasteiger partial charge in [0.1, 0.15) is 0 Å². The van der Waals surface area contributed by atoms with E-state index in [1.54, 1.807) is 0 Å². The molecule has 0 radical (unpaired) electrons. The standard InChI is InChI=1S/C11H22N2O/c1-4-9(2)7-12-8-11(14)13(3)10-5-6-10/h9-10,12H,4-8H2,1-3H3. The molecule has 1 aliphatic carbocycles. The van der Waals surface area contributed by atoms with Gasteiger partial charge in [0.15, 0.2) is 0 Å². The number of carbonyl (C=O) groups excluding carboxylic acids is 1. The largest absolute Gasteiger partial charge is 0.342 e. The van der Waals surface area contributed by atoms with E-state index in [1.165, 1.54) is 19.3 Å². The van der Waals surface area contributed by atoms with Gasteiger partial charge in [-0.15, -0.1) is 0 Å². The Morgan fingerprint density at radius 3 is 2.71 bits per heavy atom. The predicted molar refractivity (Wildman–Crippen MR) is 58.1 cm³/mol. The highest BCUT2D eigenvalue weighted by Gasteiger charge is 2.28. The summed E-state index contributed by atoms with van der Waals surface area (Å²) in [6.45, 7) is 5.81. The van der Waals surface area contributed by atoms with Crippen molar-refractivity contribution in [2.75, 3.05) is 20.1 Å². The Hall–Kier alpha value is -0.570. The quantitative estimate of drug-likeness (QED) is 0.696. The molecule has 1 N–H and O–H groups in total. The van der Waals surface area contributed by atoms with Crippen LogP contribution in [0.4, 0.5) is 0 Å². The summed E-state index contributed by atoms with van der Waals surface area (Å²) in [5.41, 5.74) is 0. The molecule has 1 fully saturated rings. The second-order valence-corrected chi connectivity index (χ2v) is 4.38. The van der Waals surface area contributed by atoms with Gasteiger partial charge in [0.25, 0.3) is 0 Å². The fraction of sp³-hybridized carbons (Fsp3) is 0.909. The summed E-state index contributed by atoms with van der Waals surface area (Å²) in [4.78, 5) is 13.4. The van der Waals surface area contributed by atoms with Crippen LogP contribution >= 0.6 is 0 Å². The number of likely N-dealkylation sites (N-methyl/N-ethyl adjacent to an activating group) is 1. The minimum atomic E-state index is 0.232. The van der Waals surface area contributed by atoms with Gasteiger partial charge in [-0.1, -0.05) is 20.3 Å². The van der Waals surface area contributed by atoms with Gasteiger partial charge >= 0.3 is 0 Å². The van der Waals surface area contributed by atoms with E-state index < -0.39 is 0 Å². The van der Waals surface area contributed by atoms with Gasteiger partial charge in [0.2, 0.25) is 5.91 Å². The molecule has 0 saturated heterocycles. The third-order valence-corrected chi connectivity index (χ3v) is 2.95. The second-order valence-electron chi connectivity index (χ2n) is 4.38. The van der Waals surface area contributed by atoms with E-state index in [2.05, 4.69) is 19.2 Å². The first kappa shape index (κ1) is 11.5. The maximum Gasteiger partial charge on any atom is 0.236 e. The molecule has 1 amide bonds. The van der Waals surface area contributed by atoms with Crippen molar-refractivity contribution in [3.8, 4) is 0 Å². The molecule has 0 spiro atoms. The van der Waals surface area contributed by atoms with Crippen LogP contribution in [0.5, 0.6) is 0 Å². The van der Waals surface area contributed by atoms with Crippen LogP contribution in [0.2, 0.25) is 0 Å². The van der Waals surface area contributed by atoms with Gasteiger partial charge in [0, 0.05) is 13.1 Å². The van der Waals surface area contributed by atoms with E-state index >= 15 is 0 Å². The Morgan fingerprint density at radius 2 is 2.21 bits per heavy atom. The zero-order chi connectivity index (χ0) is 10.6. The first-order valence-corrected chi connectivity index (χ1v) is 5.61. The lowest BCUT2D eigenvalue weighted by Crippen LogP contribution is -2.38. The summed E-state index contributed by atoms with van der Waals surface area (Å²) in [7, 11) is 1.91. The molecule has 3 heteroatoms. The number of hydrogen-bond acceptors (Lipinski definition) is 2. The van der Waals surface area contributed by atoms with Gasteiger partial charge in [-0.2, -0.15) is 0 Å². The van der Waals surface area contributed by atoms with Crippen molar-refractivity contribution in [3.63, 3.8) is 0 Å². The summed E-state index contributed by atoms with van der Waals surface area (Å²) in [5.74, 6) is 0.893. The molecule has 0 aromatic rings. The molecule has 14 heavy (non-hydrogen) atoms. The van der Waals surface area contributed by atoms with E-state index in [1.807, 2.05) is 11.9 Å². The van der Waals surface area contributed by atoms with Crippen molar-refractivity contribution >= 4 is 5.91 Å². The van der Waals surface area contributed by atoms with Crippen LogP contribution in [0.15, 0.2) is 0 Å². The Labute approximate surface area is 86.9 Å². The zero-order valence-corrected chi connectivity index (χ0v) is 9.55. The molecule has 1 unspecified atom stereocenters. The smallest absolute Gasteiger partial charge is 0.236 e. The molecule has 1 aliphatic rings. The summed E-state index contributed by atoms with van der Waals surface area (Å²) in [6, 6.07) is 0.535. The number of amides is 1. The fourth-order valence-corrected chi connectivity index (χ4v) is 1.36. The molecule has 1 rings (SSSR count). The van der Waals surface area contributed by atoms with Gasteiger partial charge < -0.3 is 10.2 Å². The van der Waals surface area contributed by atoms with Crippen molar-refractivity contribution in [1.82, 2.24) is 10.2 Å². The second kappa shape index (κ2) is 5.35. The lowest BCUT2D eigenvalue weighted by molar-refractivity contribution is -0.129. The highest BCUT2D eigenvalue weighted by molar-refractivity contribution is 5.78. The Kier molecular flexibility index (Phi) is 4.39. The first-order valence-electron chi connectivity index (χ1n) is 5.61. The highest BCUT2D eigenvalue weighted by Crippen LogP contribution is 2.24. The fourth-order valence-electron chi connectivity index (χ4n) is 1.36. The monoisotopic (exact) mass is 198 g/mol. The molecule has 82 valence electrons. The lowest BCUT2D eigenvalue weighted by Gasteiger charge is -2.17. The molecular weight excluding hydrogens is 176 g/mol. The minimum Gasteiger partial charge on any atom is -0.342 e. The van der Waals surface area contributed by atoms with Gasteiger partial charge in [-0.25, -0.2) is 0 Å². The zero-order valence-electron chi connectivity index (χ0n) is 9.55. The minimum absolute atomic E-state index is 0.232. The van der Waals surface area contributed by atoms with E-state index in [0.29, 0.717) is 18.5 Å². The SMILES string of the molecule is CCC(C)CNCC(=O)N(C)C1CC1. The third-order valence-electron chi connectivity index (χ3n) is 2.95. The van der Waals surface area contributed by atoms with E-state index in [-0.39, 0.29) is 5.91 Å². The van der Waals surface area contributed by atoms with Crippen LogP contribution in [0.3, 0.4) is 0 Å². The average molecular weight is 198 g/mol. The van der Waals surface area contributed by atoms with Crippen LogP contribution in [-0.4, -0.2) is 37.0 Å². The van der Waals surface area contributed by atoms with Crippen molar-refractivity contribution in [2.24, 2.45) is 5.92 Å². The number of hydrogen-bond donors (Lipinski definition) is 1. The van der Waals surface area contributed by atoms with Crippen LogP contribution in [-0.2, 0) is 4.79 Å². The summed E-state index contributed by atoms with van der Waals surface area (Å²) < 4.78 is 0. The van der Waals surface area contributed by atoms with E-state index in [0.717, 1.165) is 6.54 Å². The van der Waals surface area contributed by atoms with Crippen LogP contribution in [0.25, 0.3) is 0 Å². The summed E-state index contributed by atoms with van der Waals surface area (Å²) in [5, 5.41) is 3.21. The molecule has 0 aliphatic heterocycles. The van der Waals surface area contributed by atoms with Crippen LogP contribution in [0, 0.1) is 5.92 Å². The molecule has 0 aromatic heterocycles. The maximum absolute atomic E-state index is 11.6. The number of carbonyl (C=O) groups is 1. The molecule has 0 bridgehead atoms. The van der Waals surface area contributed by atoms with Crippen molar-refractivity contribution in [3.05, 3.63) is 0 Å². The van der Waals surface area contributed by atoms with Gasteiger partial charge in [-0.3, -0.25) is 4.79 Å². The molecule has 1 saturated carbocycles. The molecule has 0 heterocycles. The number of nitrogens with one attached hydrogen (secondary N) is 1. The highest BCUT2D eigenvalue weighted by atomic mass is 16.2. The molecule has 1 atom stereocenters. The van der Waals surface area contributed by atoms with Crippen LogP contribution in [0.1, 0.15) is 33.1 Å². The average Bonchev–Trinajstić information content (AvgIpc) is 2.99. The van der Waals surface area contributed by atoms with Crippen molar-refractivity contribution in [1.29, 1.82) is 0 Å². The van der Waals surface area contributed by atoms with E-state index in [9.17, 15) is 4.79 Å². The van der Waals surface area contributed by atoms with Crippen molar-refractivity contribution in [2.45, 2.75) is 39.2 Å². The number of nitrogens with zero attached hydrogens (tertiary/aromatic N) is 1. The topological polar surface area (TPSA) is 32.3 Å². The Bertz CT molecular complexity index is 190. The molecule has 3 nitrogen and oxygen atoms in total. The summed E-state index contributed by atoms with van der Waals surface area (Å²) >= 11 is 0. The maximum atomic E-state index is 11.6. The van der Waals surface area contributed by atoms with Gasteiger partial charge in [0.05, 0.1) is 6.54 Å². The Balaban J connectivity index is 2.08. The number of rotatable bonds is 6. The first-order chi connectivity index (χ1) is 6.65. The van der Waals surface area contributed by atoms with Crippen LogP contribution < -0.4 is 5.32 Å². The Morgan fingerprint density at radius 1 is 1.57 bits per heavy atom. The van der Waals surface area contributed by atoms with Gasteiger partial charge in [-0.05, 0) is 25.3 Å². The van der Waals surface area contributed by atoms with Crippen molar-refractivity contribution < 1.29 is 4.79 Å².